The normalized spacial score (nSPS) is 10.6. The maximum Gasteiger partial charge on any atom is 0.258 e. The number of carbonyl (C=O) groups is 2. The van der Waals surface area contributed by atoms with Crippen LogP contribution in [0.1, 0.15) is 21.5 Å². The smallest absolute Gasteiger partial charge is 0.258 e. The highest BCUT2D eigenvalue weighted by Gasteiger charge is 2.19. The van der Waals surface area contributed by atoms with Crippen molar-refractivity contribution in [1.29, 1.82) is 0 Å². The fraction of sp³-hybridized carbons (Fsp3) is 0.200. The van der Waals surface area contributed by atoms with Crippen LogP contribution in [0.15, 0.2) is 72.8 Å². The molecule has 0 unspecified atom stereocenters. The number of halogens is 2. The molecule has 0 radical (unpaired) electrons. The molecule has 32 heavy (non-hydrogen) atoms. The van der Waals surface area contributed by atoms with Crippen LogP contribution in [0.3, 0.4) is 0 Å². The van der Waals surface area contributed by atoms with Gasteiger partial charge in [0.2, 0.25) is 5.91 Å². The van der Waals surface area contributed by atoms with E-state index in [1.54, 1.807) is 49.6 Å². The number of anilines is 1. The third-order valence-corrected chi connectivity index (χ3v) is 4.81. The molecular formula is C25H24F2N2O3. The van der Waals surface area contributed by atoms with E-state index in [9.17, 15) is 18.4 Å². The molecule has 0 bridgehead atoms. The molecule has 0 aliphatic carbocycles. The fourth-order valence-corrected chi connectivity index (χ4v) is 3.16. The summed E-state index contributed by atoms with van der Waals surface area (Å²) in [6.45, 7) is 1.04. The number of rotatable bonds is 9. The Morgan fingerprint density at radius 3 is 2.25 bits per heavy atom. The highest BCUT2D eigenvalue weighted by atomic mass is 19.1. The lowest BCUT2D eigenvalue weighted by atomic mass is 10.1. The van der Waals surface area contributed by atoms with Gasteiger partial charge in [-0.3, -0.25) is 9.59 Å². The number of methoxy groups -OCH3 is 1. The molecule has 0 aromatic heterocycles. The van der Waals surface area contributed by atoms with Gasteiger partial charge in [-0.1, -0.05) is 30.3 Å². The lowest BCUT2D eigenvalue weighted by Crippen LogP contribution is -2.30. The first kappa shape index (κ1) is 23.1. The number of ether oxygens (including phenoxy) is 1. The fourth-order valence-electron chi connectivity index (χ4n) is 3.16. The molecule has 0 saturated carbocycles. The van der Waals surface area contributed by atoms with Gasteiger partial charge < -0.3 is 15.0 Å². The number of hydrogen-bond donors (Lipinski definition) is 1. The maximum absolute atomic E-state index is 13.7. The summed E-state index contributed by atoms with van der Waals surface area (Å²) in [4.78, 5) is 26.7. The van der Waals surface area contributed by atoms with E-state index >= 15 is 0 Å². The molecule has 166 valence electrons. The Morgan fingerprint density at radius 2 is 1.59 bits per heavy atom. The molecule has 0 heterocycles. The summed E-state index contributed by atoms with van der Waals surface area (Å²) < 4.78 is 31.9. The van der Waals surface area contributed by atoms with E-state index in [-0.39, 0.29) is 36.2 Å². The number of hydrogen-bond acceptors (Lipinski definition) is 3. The Hall–Kier alpha value is -3.58. The molecule has 3 aromatic carbocycles. The van der Waals surface area contributed by atoms with Crippen molar-refractivity contribution in [2.45, 2.75) is 13.0 Å². The van der Waals surface area contributed by atoms with Gasteiger partial charge in [-0.25, -0.2) is 8.78 Å². The van der Waals surface area contributed by atoms with Crippen LogP contribution in [0.25, 0.3) is 0 Å². The monoisotopic (exact) mass is 438 g/mol. The average Bonchev–Trinajstić information content (AvgIpc) is 2.79. The van der Waals surface area contributed by atoms with E-state index in [2.05, 4.69) is 5.32 Å². The number of nitrogens with zero attached hydrogens (tertiary/aromatic N) is 1. The van der Waals surface area contributed by atoms with Crippen LogP contribution >= 0.6 is 0 Å². The van der Waals surface area contributed by atoms with Gasteiger partial charge in [0.25, 0.3) is 5.91 Å². The molecule has 0 saturated heterocycles. The Kier molecular flexibility index (Phi) is 8.05. The second kappa shape index (κ2) is 11.2. The molecular weight excluding hydrogens is 414 g/mol. The third kappa shape index (κ3) is 6.46. The van der Waals surface area contributed by atoms with Crippen molar-refractivity contribution in [2.24, 2.45) is 0 Å². The van der Waals surface area contributed by atoms with E-state index in [1.807, 2.05) is 0 Å². The van der Waals surface area contributed by atoms with Gasteiger partial charge in [-0.2, -0.15) is 0 Å². The first-order chi connectivity index (χ1) is 15.5. The summed E-state index contributed by atoms with van der Waals surface area (Å²) in [6, 6.07) is 18.3. The molecule has 3 rings (SSSR count). The van der Waals surface area contributed by atoms with Gasteiger partial charge in [0.1, 0.15) is 11.6 Å². The first-order valence-corrected chi connectivity index (χ1v) is 10.1. The van der Waals surface area contributed by atoms with Crippen molar-refractivity contribution in [3.63, 3.8) is 0 Å². The van der Waals surface area contributed by atoms with E-state index in [0.29, 0.717) is 18.8 Å². The van der Waals surface area contributed by atoms with Crippen molar-refractivity contribution < 1.29 is 23.1 Å². The topological polar surface area (TPSA) is 58.6 Å². The van der Waals surface area contributed by atoms with Crippen LogP contribution in [0, 0.1) is 11.6 Å². The number of benzene rings is 3. The van der Waals surface area contributed by atoms with Crippen molar-refractivity contribution in [1.82, 2.24) is 5.32 Å². The molecule has 1 N–H and O–H groups in total. The summed E-state index contributed by atoms with van der Waals surface area (Å²) in [5.74, 6) is -1.40. The summed E-state index contributed by atoms with van der Waals surface area (Å²) in [6.07, 6.45) is 0.194. The predicted octanol–water partition coefficient (Wildman–Crippen LogP) is 4.12. The first-order valence-electron chi connectivity index (χ1n) is 10.1. The van der Waals surface area contributed by atoms with Crippen molar-refractivity contribution in [3.05, 3.63) is 101 Å². The second-order valence-corrected chi connectivity index (χ2v) is 7.21. The molecule has 0 aliphatic heterocycles. The van der Waals surface area contributed by atoms with Gasteiger partial charge in [0, 0.05) is 24.9 Å². The van der Waals surface area contributed by atoms with Crippen LogP contribution in [0.5, 0.6) is 0 Å². The minimum Gasteiger partial charge on any atom is -0.383 e. The van der Waals surface area contributed by atoms with E-state index in [4.69, 9.17) is 4.74 Å². The van der Waals surface area contributed by atoms with E-state index in [0.717, 1.165) is 11.1 Å². The third-order valence-electron chi connectivity index (χ3n) is 4.81. The van der Waals surface area contributed by atoms with Gasteiger partial charge in [-0.05, 0) is 53.6 Å². The lowest BCUT2D eigenvalue weighted by Gasteiger charge is -2.23. The SMILES string of the molecule is COCCNC(=O)Cc1ccc(N(Cc2ccc(F)cc2)C(=O)c2cccc(F)c2)cc1. The zero-order valence-corrected chi connectivity index (χ0v) is 17.7. The van der Waals surface area contributed by atoms with Gasteiger partial charge in [0.15, 0.2) is 0 Å². The Balaban J connectivity index is 1.81. The summed E-state index contributed by atoms with van der Waals surface area (Å²) in [5, 5.41) is 2.76. The van der Waals surface area contributed by atoms with E-state index < -0.39 is 5.82 Å². The molecule has 0 fully saturated rings. The molecule has 7 heteroatoms. The average molecular weight is 438 g/mol. The molecule has 2 amide bonds. The minimum atomic E-state index is -0.507. The molecule has 3 aromatic rings. The second-order valence-electron chi connectivity index (χ2n) is 7.21. The van der Waals surface area contributed by atoms with Crippen LogP contribution in [-0.2, 0) is 22.5 Å². The number of carbonyl (C=O) groups excluding carboxylic acids is 2. The minimum absolute atomic E-state index is 0.131. The lowest BCUT2D eigenvalue weighted by molar-refractivity contribution is -0.120. The Labute approximate surface area is 185 Å². The van der Waals surface area contributed by atoms with Crippen LogP contribution in [0.2, 0.25) is 0 Å². The highest BCUT2D eigenvalue weighted by Crippen LogP contribution is 2.22. The van der Waals surface area contributed by atoms with Gasteiger partial charge in [0.05, 0.1) is 19.6 Å². The molecule has 0 atom stereocenters. The summed E-state index contributed by atoms with van der Waals surface area (Å²) in [7, 11) is 1.56. The number of amides is 2. The van der Waals surface area contributed by atoms with Crippen LogP contribution in [-0.4, -0.2) is 32.1 Å². The Morgan fingerprint density at radius 1 is 0.906 bits per heavy atom. The number of nitrogens with one attached hydrogen (secondary N) is 1. The van der Waals surface area contributed by atoms with Gasteiger partial charge >= 0.3 is 0 Å². The predicted molar refractivity (Wildman–Crippen MR) is 118 cm³/mol. The zero-order valence-electron chi connectivity index (χ0n) is 17.7. The van der Waals surface area contributed by atoms with Crippen LogP contribution in [0.4, 0.5) is 14.5 Å². The Bertz CT molecular complexity index is 1050. The standard InChI is InChI=1S/C25H24F2N2O3/c1-32-14-13-28-24(30)15-18-7-11-23(12-8-18)29(17-19-5-9-21(26)10-6-19)25(31)20-3-2-4-22(27)16-20/h2-12,16H,13-15,17H2,1H3,(H,28,30). The van der Waals surface area contributed by atoms with Crippen LogP contribution < -0.4 is 10.2 Å². The van der Waals surface area contributed by atoms with Crippen molar-refractivity contribution in [2.75, 3.05) is 25.2 Å². The highest BCUT2D eigenvalue weighted by molar-refractivity contribution is 6.06. The molecule has 0 aliphatic rings. The van der Waals surface area contributed by atoms with Crippen molar-refractivity contribution >= 4 is 17.5 Å². The largest absolute Gasteiger partial charge is 0.383 e. The maximum atomic E-state index is 13.7. The summed E-state index contributed by atoms with van der Waals surface area (Å²) >= 11 is 0. The molecule has 0 spiro atoms. The summed E-state index contributed by atoms with van der Waals surface area (Å²) in [5.41, 5.74) is 2.28. The van der Waals surface area contributed by atoms with Crippen molar-refractivity contribution in [3.8, 4) is 0 Å². The molecule has 5 nitrogen and oxygen atoms in total. The van der Waals surface area contributed by atoms with Gasteiger partial charge in [-0.15, -0.1) is 0 Å². The zero-order chi connectivity index (χ0) is 22.9. The quantitative estimate of drug-likeness (QED) is 0.512. The van der Waals surface area contributed by atoms with E-state index in [1.165, 1.54) is 35.2 Å².